The summed E-state index contributed by atoms with van der Waals surface area (Å²) in [5.74, 6) is -0.246. The van der Waals surface area contributed by atoms with Gasteiger partial charge in [0, 0.05) is 29.1 Å². The van der Waals surface area contributed by atoms with Crippen LogP contribution in [-0.2, 0) is 32.6 Å². The molecule has 0 spiro atoms. The van der Waals surface area contributed by atoms with Crippen LogP contribution in [0.2, 0.25) is 10.0 Å². The summed E-state index contributed by atoms with van der Waals surface area (Å²) in [6.45, 7) is -0.548. The van der Waals surface area contributed by atoms with Gasteiger partial charge in [-0.05, 0) is 78.6 Å². The second-order valence-electron chi connectivity index (χ2n) is 11.9. The molecule has 0 radical (unpaired) electrons. The van der Waals surface area contributed by atoms with Gasteiger partial charge in [0.2, 0.25) is 11.8 Å². The predicted octanol–water partition coefficient (Wildman–Crippen LogP) is 7.29. The van der Waals surface area contributed by atoms with Gasteiger partial charge in [0.1, 0.15) is 18.3 Å². The molecule has 11 heteroatoms. The van der Waals surface area contributed by atoms with Gasteiger partial charge in [-0.1, -0.05) is 91.0 Å². The minimum atomic E-state index is -4.28. The first-order valence-corrected chi connectivity index (χ1v) is 18.1. The summed E-state index contributed by atoms with van der Waals surface area (Å²) in [6, 6.07) is 27.9. The number of hydrogen-bond donors (Lipinski definition) is 1. The molecule has 1 aliphatic rings. The predicted molar refractivity (Wildman–Crippen MR) is 190 cm³/mol. The summed E-state index contributed by atoms with van der Waals surface area (Å²) in [4.78, 5) is 30.4. The number of benzene rings is 4. The van der Waals surface area contributed by atoms with Gasteiger partial charge in [-0.15, -0.1) is 0 Å². The number of nitrogens with zero attached hydrogens (tertiary/aromatic N) is 2. The highest BCUT2D eigenvalue weighted by Gasteiger charge is 2.35. The van der Waals surface area contributed by atoms with E-state index in [4.69, 9.17) is 27.9 Å². The Balaban J connectivity index is 1.57. The summed E-state index contributed by atoms with van der Waals surface area (Å²) in [6.07, 6.45) is 5.15. The molecule has 1 fully saturated rings. The van der Waals surface area contributed by atoms with E-state index in [9.17, 15) is 18.0 Å². The first-order valence-electron chi connectivity index (χ1n) is 15.9. The molecule has 8 nitrogen and oxygen atoms in total. The highest BCUT2D eigenvalue weighted by molar-refractivity contribution is 7.92. The Hall–Kier alpha value is -4.05. The van der Waals surface area contributed by atoms with Crippen molar-refractivity contribution < 1.29 is 22.7 Å². The third-order valence-corrected chi connectivity index (χ3v) is 10.8. The Labute approximate surface area is 292 Å². The number of hydrogen-bond acceptors (Lipinski definition) is 5. The third-order valence-electron chi connectivity index (χ3n) is 8.49. The van der Waals surface area contributed by atoms with Crippen LogP contribution in [-0.4, -0.2) is 50.9 Å². The van der Waals surface area contributed by atoms with Crippen molar-refractivity contribution in [3.05, 3.63) is 124 Å². The highest BCUT2D eigenvalue weighted by atomic mass is 35.5. The molecule has 0 aromatic heterocycles. The molecule has 0 aliphatic heterocycles. The van der Waals surface area contributed by atoms with Gasteiger partial charge in [-0.2, -0.15) is 0 Å². The molecule has 2 amide bonds. The number of carbonyl (C=O) groups is 2. The van der Waals surface area contributed by atoms with Crippen molar-refractivity contribution in [3.8, 4) is 5.75 Å². The van der Waals surface area contributed by atoms with Gasteiger partial charge < -0.3 is 15.0 Å². The van der Waals surface area contributed by atoms with Crippen molar-refractivity contribution >= 4 is 50.7 Å². The molecule has 1 saturated carbocycles. The Bertz CT molecular complexity index is 1800. The van der Waals surface area contributed by atoms with E-state index in [0.717, 1.165) is 47.5 Å². The lowest BCUT2D eigenvalue weighted by Gasteiger charge is -2.35. The van der Waals surface area contributed by atoms with Gasteiger partial charge in [-0.3, -0.25) is 13.9 Å². The average molecular weight is 709 g/mol. The van der Waals surface area contributed by atoms with Gasteiger partial charge in [-0.25, -0.2) is 8.42 Å². The van der Waals surface area contributed by atoms with E-state index in [-0.39, 0.29) is 35.5 Å². The molecule has 4 aromatic rings. The average Bonchev–Trinajstić information content (AvgIpc) is 3.09. The summed E-state index contributed by atoms with van der Waals surface area (Å²) in [5, 5.41) is 3.89. The maximum Gasteiger partial charge on any atom is 0.264 e. The lowest BCUT2D eigenvalue weighted by molar-refractivity contribution is -0.140. The molecule has 48 heavy (non-hydrogen) atoms. The van der Waals surface area contributed by atoms with Crippen LogP contribution in [0.3, 0.4) is 0 Å². The van der Waals surface area contributed by atoms with Crippen molar-refractivity contribution in [1.82, 2.24) is 10.2 Å². The zero-order valence-electron chi connectivity index (χ0n) is 26.7. The van der Waals surface area contributed by atoms with Crippen LogP contribution < -0.4 is 14.4 Å². The molecular weight excluding hydrogens is 669 g/mol. The molecule has 0 unspecified atom stereocenters. The number of amides is 2. The Morgan fingerprint density at radius 1 is 0.833 bits per heavy atom. The normalized spacial score (nSPS) is 14.1. The maximum atomic E-state index is 14.7. The molecule has 1 N–H and O–H groups in total. The standard InChI is InChI=1S/C37H39Cl2N3O5S/c1-47-33-17-8-12-28(22-33)25-41(35(23-27-10-4-2-5-11-27)37(44)40-31-14-6-3-7-15-31)36(43)26-42(32-16-9-13-30(39)24-32)48(45,46)34-20-18-29(38)19-21-34/h2,4-5,8-13,16-22,24,31,35H,3,6-7,14-15,23,25-26H2,1H3,(H,40,44)/t35-/m0/s1. The van der Waals surface area contributed by atoms with E-state index < -0.39 is 28.5 Å². The summed E-state index contributed by atoms with van der Waals surface area (Å²) in [7, 11) is -2.72. The SMILES string of the molecule is COc1cccc(CN(C(=O)CN(c2cccc(Cl)c2)S(=O)(=O)c2ccc(Cl)cc2)[C@@H](Cc2ccccc2)C(=O)NC2CCCCC2)c1. The molecule has 0 heterocycles. The fourth-order valence-corrected chi connectivity index (χ4v) is 7.68. The zero-order chi connectivity index (χ0) is 34.1. The van der Waals surface area contributed by atoms with E-state index in [2.05, 4.69) is 5.32 Å². The fourth-order valence-electron chi connectivity index (χ4n) is 5.96. The molecule has 252 valence electrons. The van der Waals surface area contributed by atoms with E-state index in [1.165, 1.54) is 35.2 Å². The van der Waals surface area contributed by atoms with E-state index in [0.29, 0.717) is 15.8 Å². The van der Waals surface area contributed by atoms with Crippen LogP contribution in [0, 0.1) is 0 Å². The number of nitrogens with one attached hydrogen (secondary N) is 1. The number of methoxy groups -OCH3 is 1. The first-order chi connectivity index (χ1) is 23.1. The van der Waals surface area contributed by atoms with Gasteiger partial charge in [0.25, 0.3) is 10.0 Å². The lowest BCUT2D eigenvalue weighted by Crippen LogP contribution is -2.55. The summed E-state index contributed by atoms with van der Waals surface area (Å²) < 4.78 is 34.8. The first kappa shape index (κ1) is 35.3. The molecule has 0 saturated heterocycles. The van der Waals surface area contributed by atoms with Gasteiger partial charge >= 0.3 is 0 Å². The van der Waals surface area contributed by atoms with Crippen molar-refractivity contribution in [2.45, 2.75) is 62.0 Å². The smallest absolute Gasteiger partial charge is 0.264 e. The van der Waals surface area contributed by atoms with Crippen LogP contribution in [0.4, 0.5) is 5.69 Å². The van der Waals surface area contributed by atoms with Gasteiger partial charge in [0.15, 0.2) is 0 Å². The van der Waals surface area contributed by atoms with Crippen molar-refractivity contribution in [2.24, 2.45) is 0 Å². The molecule has 0 bridgehead atoms. The Kier molecular flexibility index (Phi) is 12.0. The molecule has 5 rings (SSSR count). The second-order valence-corrected chi connectivity index (χ2v) is 14.6. The molecule has 1 atom stereocenters. The fraction of sp³-hybridized carbons (Fsp3) is 0.297. The van der Waals surface area contributed by atoms with E-state index in [1.54, 1.807) is 37.4 Å². The highest BCUT2D eigenvalue weighted by Crippen LogP contribution is 2.28. The molecule has 4 aromatic carbocycles. The number of sulfonamides is 1. The van der Waals surface area contributed by atoms with Crippen molar-refractivity contribution in [2.75, 3.05) is 18.0 Å². The van der Waals surface area contributed by atoms with Crippen LogP contribution in [0.5, 0.6) is 5.75 Å². The molecular formula is C37H39Cl2N3O5S. The van der Waals surface area contributed by atoms with Crippen LogP contribution in [0.1, 0.15) is 43.2 Å². The van der Waals surface area contributed by atoms with E-state index >= 15 is 0 Å². The monoisotopic (exact) mass is 707 g/mol. The third kappa shape index (κ3) is 9.09. The number of anilines is 1. The number of carbonyl (C=O) groups excluding carboxylic acids is 2. The minimum absolute atomic E-state index is 0.00605. The Morgan fingerprint density at radius 3 is 2.21 bits per heavy atom. The minimum Gasteiger partial charge on any atom is -0.497 e. The Morgan fingerprint density at radius 2 is 1.52 bits per heavy atom. The summed E-state index contributed by atoms with van der Waals surface area (Å²) in [5.41, 5.74) is 1.80. The number of rotatable bonds is 13. The van der Waals surface area contributed by atoms with Crippen LogP contribution >= 0.6 is 23.2 Å². The quantitative estimate of drug-likeness (QED) is 0.158. The maximum absolute atomic E-state index is 14.7. The second kappa shape index (κ2) is 16.4. The number of halogens is 2. The van der Waals surface area contributed by atoms with Crippen LogP contribution in [0.15, 0.2) is 108 Å². The van der Waals surface area contributed by atoms with E-state index in [1.807, 2.05) is 42.5 Å². The van der Waals surface area contributed by atoms with Crippen molar-refractivity contribution in [3.63, 3.8) is 0 Å². The van der Waals surface area contributed by atoms with Crippen molar-refractivity contribution in [1.29, 1.82) is 0 Å². The van der Waals surface area contributed by atoms with Gasteiger partial charge in [0.05, 0.1) is 17.7 Å². The topological polar surface area (TPSA) is 96.0 Å². The lowest BCUT2D eigenvalue weighted by atomic mass is 9.94. The molecule has 1 aliphatic carbocycles. The largest absolute Gasteiger partial charge is 0.497 e. The summed E-state index contributed by atoms with van der Waals surface area (Å²) >= 11 is 12.4. The number of ether oxygens (including phenoxy) is 1. The zero-order valence-corrected chi connectivity index (χ0v) is 29.1. The van der Waals surface area contributed by atoms with Crippen LogP contribution in [0.25, 0.3) is 0 Å².